The van der Waals surface area contributed by atoms with E-state index in [9.17, 15) is 4.79 Å². The largest absolute Gasteiger partial charge is 0.373 e. The Morgan fingerprint density at radius 3 is 3.00 bits per heavy atom. The van der Waals surface area contributed by atoms with E-state index in [2.05, 4.69) is 16.5 Å². The Kier molecular flexibility index (Phi) is 3.18. The molecule has 3 rings (SSSR count). The summed E-state index contributed by atoms with van der Waals surface area (Å²) in [7, 11) is 1.79. The SMILES string of the molecule is Cc1cc(CN(C)C(=O)C2Cc3ccccc3N2)no1. The van der Waals surface area contributed by atoms with Gasteiger partial charge in [0.1, 0.15) is 17.5 Å². The first kappa shape index (κ1) is 12.7. The number of likely N-dealkylation sites (N-methyl/N-ethyl adjacent to an activating group) is 1. The summed E-state index contributed by atoms with van der Waals surface area (Å²) >= 11 is 0. The summed E-state index contributed by atoms with van der Waals surface area (Å²) in [6, 6.07) is 9.68. The fourth-order valence-corrected chi connectivity index (χ4v) is 2.53. The van der Waals surface area contributed by atoms with Crippen LogP contribution >= 0.6 is 0 Å². The predicted octanol–water partition coefficient (Wildman–Crippen LogP) is 1.98. The molecule has 0 radical (unpaired) electrons. The molecule has 1 amide bonds. The topological polar surface area (TPSA) is 58.4 Å². The van der Waals surface area contributed by atoms with E-state index in [0.717, 1.165) is 23.6 Å². The molecule has 1 aromatic carbocycles. The van der Waals surface area contributed by atoms with Crippen molar-refractivity contribution in [1.29, 1.82) is 0 Å². The molecule has 0 aliphatic carbocycles. The molecule has 1 aliphatic rings. The van der Waals surface area contributed by atoms with Crippen LogP contribution in [-0.2, 0) is 17.8 Å². The van der Waals surface area contributed by atoms with E-state index in [1.165, 1.54) is 5.56 Å². The Morgan fingerprint density at radius 2 is 2.30 bits per heavy atom. The van der Waals surface area contributed by atoms with Crippen molar-refractivity contribution in [1.82, 2.24) is 10.1 Å². The van der Waals surface area contributed by atoms with Crippen LogP contribution in [0.3, 0.4) is 0 Å². The van der Waals surface area contributed by atoms with Gasteiger partial charge < -0.3 is 14.7 Å². The summed E-state index contributed by atoms with van der Waals surface area (Å²) in [6.07, 6.45) is 0.733. The highest BCUT2D eigenvalue weighted by Crippen LogP contribution is 2.26. The van der Waals surface area contributed by atoms with E-state index in [1.54, 1.807) is 11.9 Å². The molecule has 0 saturated carbocycles. The minimum atomic E-state index is -0.189. The lowest BCUT2D eigenvalue weighted by Crippen LogP contribution is -2.39. The van der Waals surface area contributed by atoms with Gasteiger partial charge in [-0.3, -0.25) is 4.79 Å². The molecule has 5 heteroatoms. The number of anilines is 1. The third kappa shape index (κ3) is 2.39. The van der Waals surface area contributed by atoms with Gasteiger partial charge in [-0.25, -0.2) is 0 Å². The molecule has 2 heterocycles. The number of para-hydroxylation sites is 1. The minimum Gasteiger partial charge on any atom is -0.373 e. The lowest BCUT2D eigenvalue weighted by atomic mass is 10.1. The number of amides is 1. The predicted molar refractivity (Wildman–Crippen MR) is 75.3 cm³/mol. The van der Waals surface area contributed by atoms with Crippen molar-refractivity contribution in [2.75, 3.05) is 12.4 Å². The van der Waals surface area contributed by atoms with Crippen LogP contribution in [0.1, 0.15) is 17.0 Å². The number of aryl methyl sites for hydroxylation is 1. The second-order valence-electron chi connectivity index (χ2n) is 5.18. The van der Waals surface area contributed by atoms with E-state index in [0.29, 0.717) is 6.54 Å². The summed E-state index contributed by atoms with van der Waals surface area (Å²) in [6.45, 7) is 2.30. The van der Waals surface area contributed by atoms with E-state index in [-0.39, 0.29) is 11.9 Å². The quantitative estimate of drug-likeness (QED) is 0.927. The van der Waals surface area contributed by atoms with Crippen molar-refractivity contribution in [2.45, 2.75) is 25.9 Å². The molecule has 0 spiro atoms. The fraction of sp³-hybridized carbons (Fsp3) is 0.333. The normalized spacial score (nSPS) is 16.6. The summed E-state index contributed by atoms with van der Waals surface area (Å²) in [5.41, 5.74) is 3.02. The number of benzene rings is 1. The van der Waals surface area contributed by atoms with Gasteiger partial charge in [0, 0.05) is 25.2 Å². The maximum Gasteiger partial charge on any atom is 0.245 e. The van der Waals surface area contributed by atoms with Crippen LogP contribution in [0.15, 0.2) is 34.9 Å². The number of carbonyl (C=O) groups excluding carboxylic acids is 1. The molecule has 1 unspecified atom stereocenters. The molecule has 0 bridgehead atoms. The number of rotatable bonds is 3. The number of nitrogens with zero attached hydrogens (tertiary/aromatic N) is 2. The molecule has 1 N–H and O–H groups in total. The smallest absolute Gasteiger partial charge is 0.245 e. The molecular formula is C15H17N3O2. The first-order valence-electron chi connectivity index (χ1n) is 6.65. The van der Waals surface area contributed by atoms with Gasteiger partial charge in [-0.2, -0.15) is 0 Å². The first-order valence-corrected chi connectivity index (χ1v) is 6.65. The van der Waals surface area contributed by atoms with Gasteiger partial charge in [0.05, 0.1) is 6.54 Å². The molecule has 20 heavy (non-hydrogen) atoms. The number of carbonyl (C=O) groups is 1. The van der Waals surface area contributed by atoms with E-state index in [4.69, 9.17) is 4.52 Å². The van der Waals surface area contributed by atoms with E-state index >= 15 is 0 Å². The summed E-state index contributed by atoms with van der Waals surface area (Å²) in [5, 5.41) is 7.19. The van der Waals surface area contributed by atoms with Gasteiger partial charge >= 0.3 is 0 Å². The lowest BCUT2D eigenvalue weighted by molar-refractivity contribution is -0.131. The molecule has 1 aliphatic heterocycles. The highest BCUT2D eigenvalue weighted by Gasteiger charge is 2.28. The minimum absolute atomic E-state index is 0.0712. The Bertz CT molecular complexity index is 611. The van der Waals surface area contributed by atoms with Crippen molar-refractivity contribution >= 4 is 11.6 Å². The standard InChI is InChI=1S/C15H17N3O2/c1-10-7-12(17-20-10)9-18(2)15(19)14-8-11-5-3-4-6-13(11)16-14/h3-7,14,16H,8-9H2,1-2H3. The Hall–Kier alpha value is -2.30. The second kappa shape index (κ2) is 5.00. The van der Waals surface area contributed by atoms with E-state index in [1.807, 2.05) is 31.2 Å². The summed E-state index contributed by atoms with van der Waals surface area (Å²) in [4.78, 5) is 14.1. The molecule has 104 valence electrons. The third-order valence-corrected chi connectivity index (χ3v) is 3.52. The molecule has 0 saturated heterocycles. The number of hydrogen-bond donors (Lipinski definition) is 1. The highest BCUT2D eigenvalue weighted by molar-refractivity contribution is 5.87. The van der Waals surface area contributed by atoms with Crippen molar-refractivity contribution in [2.24, 2.45) is 0 Å². The van der Waals surface area contributed by atoms with E-state index < -0.39 is 0 Å². The van der Waals surface area contributed by atoms with Crippen LogP contribution in [0.25, 0.3) is 0 Å². The zero-order valence-corrected chi connectivity index (χ0v) is 11.6. The van der Waals surface area contributed by atoms with Gasteiger partial charge in [0.2, 0.25) is 5.91 Å². The summed E-state index contributed by atoms with van der Waals surface area (Å²) < 4.78 is 5.02. The zero-order valence-electron chi connectivity index (χ0n) is 11.6. The first-order chi connectivity index (χ1) is 9.63. The Morgan fingerprint density at radius 1 is 1.50 bits per heavy atom. The van der Waals surface area contributed by atoms with Crippen LogP contribution < -0.4 is 5.32 Å². The molecule has 5 nitrogen and oxygen atoms in total. The van der Waals surface area contributed by atoms with Gasteiger partial charge in [0.15, 0.2) is 0 Å². The molecule has 1 atom stereocenters. The highest BCUT2D eigenvalue weighted by atomic mass is 16.5. The number of fused-ring (bicyclic) bond motifs is 1. The number of nitrogens with one attached hydrogen (secondary N) is 1. The van der Waals surface area contributed by atoms with Crippen molar-refractivity contribution in [3.63, 3.8) is 0 Å². The van der Waals surface area contributed by atoms with Gasteiger partial charge in [0.25, 0.3) is 0 Å². The average molecular weight is 271 g/mol. The fourth-order valence-electron chi connectivity index (χ4n) is 2.53. The van der Waals surface area contributed by atoms with Gasteiger partial charge in [-0.05, 0) is 18.6 Å². The van der Waals surface area contributed by atoms with Crippen LogP contribution in [-0.4, -0.2) is 29.1 Å². The van der Waals surface area contributed by atoms with Crippen LogP contribution in [0, 0.1) is 6.92 Å². The van der Waals surface area contributed by atoms with Crippen molar-refractivity contribution in [3.05, 3.63) is 47.3 Å². The maximum absolute atomic E-state index is 12.4. The molecule has 2 aromatic rings. The second-order valence-corrected chi connectivity index (χ2v) is 5.18. The average Bonchev–Trinajstić information content (AvgIpc) is 3.03. The number of hydrogen-bond acceptors (Lipinski definition) is 4. The number of aromatic nitrogens is 1. The maximum atomic E-state index is 12.4. The molecule has 1 aromatic heterocycles. The Balaban J connectivity index is 1.65. The monoisotopic (exact) mass is 271 g/mol. The third-order valence-electron chi connectivity index (χ3n) is 3.52. The van der Waals surface area contributed by atoms with Gasteiger partial charge in [-0.1, -0.05) is 23.4 Å². The van der Waals surface area contributed by atoms with Crippen LogP contribution in [0.2, 0.25) is 0 Å². The van der Waals surface area contributed by atoms with Crippen molar-refractivity contribution in [3.8, 4) is 0 Å². The zero-order chi connectivity index (χ0) is 14.1. The molecule has 0 fully saturated rings. The van der Waals surface area contributed by atoms with Crippen LogP contribution in [0.4, 0.5) is 5.69 Å². The Labute approximate surface area is 117 Å². The lowest BCUT2D eigenvalue weighted by Gasteiger charge is -2.20. The summed E-state index contributed by atoms with van der Waals surface area (Å²) in [5.74, 6) is 0.828. The van der Waals surface area contributed by atoms with Crippen molar-refractivity contribution < 1.29 is 9.32 Å². The van der Waals surface area contributed by atoms with Crippen LogP contribution in [0.5, 0.6) is 0 Å². The molecular weight excluding hydrogens is 254 g/mol. The van der Waals surface area contributed by atoms with Gasteiger partial charge in [-0.15, -0.1) is 0 Å².